The lowest BCUT2D eigenvalue weighted by molar-refractivity contribution is 0.0975. The lowest BCUT2D eigenvalue weighted by Gasteiger charge is -2.29. The first-order chi connectivity index (χ1) is 15.5. The van der Waals surface area contributed by atoms with Crippen LogP contribution in [-0.2, 0) is 6.42 Å². The molecule has 7 heteroatoms. The summed E-state index contributed by atoms with van der Waals surface area (Å²) < 4.78 is 5.46. The van der Waals surface area contributed by atoms with E-state index in [2.05, 4.69) is 5.32 Å². The first-order valence-corrected chi connectivity index (χ1v) is 10.8. The number of para-hydroxylation sites is 1. The number of halogens is 1. The summed E-state index contributed by atoms with van der Waals surface area (Å²) in [5.74, 6) is -0.210. The number of carbonyl (C=O) groups is 2. The highest BCUT2D eigenvalue weighted by atomic mass is 35.5. The number of nitrogens with zero attached hydrogens (tertiary/aromatic N) is 1. The van der Waals surface area contributed by atoms with Crippen molar-refractivity contribution in [1.29, 1.82) is 0 Å². The molecule has 6 nitrogen and oxygen atoms in total. The third-order valence-corrected chi connectivity index (χ3v) is 5.89. The Morgan fingerprint density at radius 3 is 2.62 bits per heavy atom. The van der Waals surface area contributed by atoms with Crippen LogP contribution in [0.3, 0.4) is 0 Å². The third-order valence-electron chi connectivity index (χ3n) is 5.56. The molecule has 1 aliphatic heterocycles. The topological polar surface area (TPSA) is 84.7 Å². The number of aryl methyl sites for hydroxylation is 1. The van der Waals surface area contributed by atoms with E-state index < -0.39 is 6.17 Å². The molecule has 1 aliphatic rings. The molecule has 0 fully saturated rings. The number of carbonyl (C=O) groups excluding carboxylic acids is 2. The molecule has 3 N–H and O–H groups in total. The van der Waals surface area contributed by atoms with Gasteiger partial charge in [-0.1, -0.05) is 41.9 Å². The van der Waals surface area contributed by atoms with E-state index in [0.717, 1.165) is 24.1 Å². The molecule has 1 heterocycles. The number of hydrogen-bond acceptors (Lipinski definition) is 4. The molecular formula is C25H24ClN3O3. The fourth-order valence-corrected chi connectivity index (χ4v) is 4.15. The van der Waals surface area contributed by atoms with Crippen LogP contribution in [0, 0.1) is 0 Å². The van der Waals surface area contributed by atoms with Crippen molar-refractivity contribution in [2.75, 3.05) is 17.3 Å². The molecule has 0 bridgehead atoms. The standard InChI is InChI=1S/C25H24ClN3O3/c1-32-22-15-17(13-14-20(22)28-24(30)18-9-3-4-10-19(18)26)25(31)29-21-11-5-2-7-16(21)8-6-12-23(29)27/h2-5,7,9-11,13-15,23H,6,8,12,27H2,1H3,(H,28,30). The summed E-state index contributed by atoms with van der Waals surface area (Å²) in [4.78, 5) is 27.8. The fourth-order valence-electron chi connectivity index (χ4n) is 3.93. The van der Waals surface area contributed by atoms with Gasteiger partial charge in [0.25, 0.3) is 11.8 Å². The number of benzene rings is 3. The van der Waals surface area contributed by atoms with Crippen molar-refractivity contribution in [3.05, 3.63) is 88.4 Å². The number of anilines is 2. The maximum atomic E-state index is 13.5. The first-order valence-electron chi connectivity index (χ1n) is 10.4. The molecule has 1 atom stereocenters. The van der Waals surface area contributed by atoms with Crippen LogP contribution in [0.2, 0.25) is 5.02 Å². The van der Waals surface area contributed by atoms with Crippen LogP contribution in [-0.4, -0.2) is 25.1 Å². The summed E-state index contributed by atoms with van der Waals surface area (Å²) in [5, 5.41) is 3.15. The molecule has 4 rings (SSSR count). The Labute approximate surface area is 191 Å². The summed E-state index contributed by atoms with van der Waals surface area (Å²) in [6.45, 7) is 0. The van der Waals surface area contributed by atoms with E-state index in [4.69, 9.17) is 22.1 Å². The molecule has 3 aromatic carbocycles. The van der Waals surface area contributed by atoms with Gasteiger partial charge in [-0.15, -0.1) is 0 Å². The molecule has 2 amide bonds. The largest absolute Gasteiger partial charge is 0.495 e. The van der Waals surface area contributed by atoms with Gasteiger partial charge in [0.2, 0.25) is 0 Å². The molecule has 1 unspecified atom stereocenters. The average molecular weight is 450 g/mol. The maximum absolute atomic E-state index is 13.5. The van der Waals surface area contributed by atoms with E-state index in [9.17, 15) is 9.59 Å². The van der Waals surface area contributed by atoms with Gasteiger partial charge in [-0.25, -0.2) is 0 Å². The Bertz CT molecular complexity index is 1160. The summed E-state index contributed by atoms with van der Waals surface area (Å²) in [7, 11) is 1.49. The predicted octanol–water partition coefficient (Wildman–Crippen LogP) is 4.87. The molecule has 0 saturated heterocycles. The molecule has 0 saturated carbocycles. The number of nitrogens with two attached hydrogens (primary N) is 1. The highest BCUT2D eigenvalue weighted by Crippen LogP contribution is 2.32. The second kappa shape index (κ2) is 9.42. The Morgan fingerprint density at radius 2 is 1.84 bits per heavy atom. The van der Waals surface area contributed by atoms with Crippen molar-refractivity contribution in [3.63, 3.8) is 0 Å². The summed E-state index contributed by atoms with van der Waals surface area (Å²) in [5.41, 5.74) is 9.52. The minimum Gasteiger partial charge on any atom is -0.495 e. The minimum atomic E-state index is -0.420. The Kier molecular flexibility index (Phi) is 6.44. The van der Waals surface area contributed by atoms with Crippen LogP contribution in [0.1, 0.15) is 39.1 Å². The molecule has 0 spiro atoms. The van der Waals surface area contributed by atoms with Crippen molar-refractivity contribution in [3.8, 4) is 5.75 Å². The van der Waals surface area contributed by atoms with E-state index in [-0.39, 0.29) is 11.8 Å². The quantitative estimate of drug-likeness (QED) is 0.595. The zero-order valence-electron chi connectivity index (χ0n) is 17.7. The van der Waals surface area contributed by atoms with Gasteiger partial charge >= 0.3 is 0 Å². The second-order valence-corrected chi connectivity index (χ2v) is 8.02. The average Bonchev–Trinajstić information content (AvgIpc) is 2.97. The molecule has 0 aliphatic carbocycles. The number of rotatable bonds is 4. The third kappa shape index (κ3) is 4.33. The Morgan fingerprint density at radius 1 is 1.09 bits per heavy atom. The summed E-state index contributed by atoms with van der Waals surface area (Å²) in [6.07, 6.45) is 2.09. The minimum absolute atomic E-state index is 0.214. The zero-order valence-corrected chi connectivity index (χ0v) is 18.4. The van der Waals surface area contributed by atoms with Crippen LogP contribution >= 0.6 is 11.6 Å². The van der Waals surface area contributed by atoms with Crippen molar-refractivity contribution >= 4 is 34.8 Å². The molecule has 0 radical (unpaired) electrons. The molecule has 3 aromatic rings. The molecule has 32 heavy (non-hydrogen) atoms. The highest BCUT2D eigenvalue weighted by Gasteiger charge is 2.28. The number of amides is 2. The van der Waals surface area contributed by atoms with Crippen LogP contribution < -0.4 is 20.7 Å². The molecule has 164 valence electrons. The normalized spacial score (nSPS) is 15.5. The van der Waals surface area contributed by atoms with Crippen molar-refractivity contribution in [1.82, 2.24) is 0 Å². The lowest BCUT2D eigenvalue weighted by atomic mass is 10.1. The predicted molar refractivity (Wildman–Crippen MR) is 127 cm³/mol. The van der Waals surface area contributed by atoms with E-state index in [1.807, 2.05) is 24.3 Å². The number of fused-ring (bicyclic) bond motifs is 1. The van der Waals surface area contributed by atoms with Crippen molar-refractivity contribution < 1.29 is 14.3 Å². The van der Waals surface area contributed by atoms with Gasteiger partial charge in [-0.05, 0) is 61.2 Å². The number of hydrogen-bond donors (Lipinski definition) is 2. The van der Waals surface area contributed by atoms with Gasteiger partial charge in [-0.3, -0.25) is 14.5 Å². The monoisotopic (exact) mass is 449 g/mol. The highest BCUT2D eigenvalue weighted by molar-refractivity contribution is 6.34. The Hall–Kier alpha value is -3.35. The van der Waals surface area contributed by atoms with E-state index in [1.54, 1.807) is 47.4 Å². The van der Waals surface area contributed by atoms with E-state index >= 15 is 0 Å². The second-order valence-electron chi connectivity index (χ2n) is 7.61. The van der Waals surface area contributed by atoms with E-state index in [0.29, 0.717) is 34.0 Å². The zero-order chi connectivity index (χ0) is 22.7. The van der Waals surface area contributed by atoms with Gasteiger partial charge in [0.1, 0.15) is 5.75 Å². The van der Waals surface area contributed by atoms with Crippen LogP contribution in [0.5, 0.6) is 5.75 Å². The smallest absolute Gasteiger partial charge is 0.259 e. The van der Waals surface area contributed by atoms with Crippen LogP contribution in [0.4, 0.5) is 11.4 Å². The van der Waals surface area contributed by atoms with Crippen molar-refractivity contribution in [2.24, 2.45) is 5.73 Å². The van der Waals surface area contributed by atoms with Gasteiger partial charge < -0.3 is 15.8 Å². The van der Waals surface area contributed by atoms with Crippen LogP contribution in [0.25, 0.3) is 0 Å². The van der Waals surface area contributed by atoms with Gasteiger partial charge in [0.15, 0.2) is 0 Å². The molecular weight excluding hydrogens is 426 g/mol. The summed E-state index contributed by atoms with van der Waals surface area (Å²) in [6, 6.07) is 19.5. The Balaban J connectivity index is 1.63. The number of methoxy groups -OCH3 is 1. The van der Waals surface area contributed by atoms with Crippen molar-refractivity contribution in [2.45, 2.75) is 25.4 Å². The number of nitrogens with one attached hydrogen (secondary N) is 1. The van der Waals surface area contributed by atoms with Gasteiger partial charge in [0.05, 0.1) is 29.5 Å². The van der Waals surface area contributed by atoms with E-state index in [1.165, 1.54) is 7.11 Å². The van der Waals surface area contributed by atoms with Gasteiger partial charge in [-0.2, -0.15) is 0 Å². The maximum Gasteiger partial charge on any atom is 0.259 e. The summed E-state index contributed by atoms with van der Waals surface area (Å²) >= 11 is 6.13. The first kappa shape index (κ1) is 21.9. The fraction of sp³-hybridized carbons (Fsp3) is 0.200. The lowest BCUT2D eigenvalue weighted by Crippen LogP contribution is -2.45. The number of ether oxygens (including phenoxy) is 1. The molecule has 0 aromatic heterocycles. The van der Waals surface area contributed by atoms with Gasteiger partial charge in [0, 0.05) is 11.3 Å². The SMILES string of the molecule is COc1cc(C(=O)N2c3ccccc3CCCC2N)ccc1NC(=O)c1ccccc1Cl. The van der Waals surface area contributed by atoms with Crippen LogP contribution in [0.15, 0.2) is 66.7 Å².